The number of ketones is 1. The molecule has 3 aromatic rings. The van der Waals surface area contributed by atoms with Crippen LogP contribution in [-0.4, -0.2) is 29.0 Å². The van der Waals surface area contributed by atoms with Gasteiger partial charge in [-0.25, -0.2) is 0 Å². The number of aliphatic hydroxyl groups excluding tert-OH is 1. The van der Waals surface area contributed by atoms with Gasteiger partial charge in [0.2, 0.25) is 0 Å². The van der Waals surface area contributed by atoms with Gasteiger partial charge >= 0.3 is 0 Å². The highest BCUT2D eigenvalue weighted by molar-refractivity contribution is 6.52. The Morgan fingerprint density at radius 1 is 1.00 bits per heavy atom. The van der Waals surface area contributed by atoms with E-state index in [1.165, 1.54) is 30.2 Å². The molecule has 0 spiro atoms. The molecule has 1 heterocycles. The van der Waals surface area contributed by atoms with Crippen molar-refractivity contribution in [2.24, 2.45) is 0 Å². The number of Topliss-reactive ketones (excluding diaryl/α,β-unsaturated/α-hetero) is 1. The van der Waals surface area contributed by atoms with Crippen LogP contribution in [0.4, 0.5) is 5.69 Å². The Labute approximate surface area is 183 Å². The summed E-state index contributed by atoms with van der Waals surface area (Å²) in [6.45, 7) is 0. The number of anilines is 1. The molecule has 0 saturated carbocycles. The maximum Gasteiger partial charge on any atom is 0.300 e. The fourth-order valence-electron chi connectivity index (χ4n) is 3.67. The predicted octanol–water partition coefficient (Wildman–Crippen LogP) is 4.68. The van der Waals surface area contributed by atoms with Gasteiger partial charge in [-0.15, -0.1) is 0 Å². The fraction of sp³-hybridized carbons (Fsp3) is 0.0833. The van der Waals surface area contributed by atoms with Gasteiger partial charge < -0.3 is 14.9 Å². The summed E-state index contributed by atoms with van der Waals surface area (Å²) >= 11 is 6.05. The molecular formula is C24H18ClNO5. The number of rotatable bonds is 4. The summed E-state index contributed by atoms with van der Waals surface area (Å²) in [5, 5.41) is 21.8. The molecule has 1 fully saturated rings. The van der Waals surface area contributed by atoms with Gasteiger partial charge in [0, 0.05) is 10.6 Å². The van der Waals surface area contributed by atoms with E-state index < -0.39 is 17.7 Å². The molecule has 0 aliphatic carbocycles. The number of hydrogen-bond acceptors (Lipinski definition) is 5. The van der Waals surface area contributed by atoms with Crippen LogP contribution in [0.15, 0.2) is 78.4 Å². The highest BCUT2D eigenvalue weighted by Gasteiger charge is 2.47. The molecule has 0 bridgehead atoms. The average molecular weight is 436 g/mol. The first-order valence-corrected chi connectivity index (χ1v) is 9.79. The molecule has 31 heavy (non-hydrogen) atoms. The van der Waals surface area contributed by atoms with Crippen molar-refractivity contribution in [2.45, 2.75) is 6.04 Å². The first-order chi connectivity index (χ1) is 14.9. The monoisotopic (exact) mass is 435 g/mol. The first-order valence-electron chi connectivity index (χ1n) is 9.41. The summed E-state index contributed by atoms with van der Waals surface area (Å²) in [4.78, 5) is 27.3. The third-order valence-electron chi connectivity index (χ3n) is 5.09. The number of benzene rings is 3. The number of phenolic OH excluding ortho intramolecular Hbond substituents is 1. The van der Waals surface area contributed by atoms with Crippen LogP contribution < -0.4 is 9.64 Å². The summed E-state index contributed by atoms with van der Waals surface area (Å²) in [7, 11) is 1.51. The second kappa shape index (κ2) is 8.16. The number of halogens is 1. The molecule has 1 saturated heterocycles. The molecular weight excluding hydrogens is 418 g/mol. The number of aliphatic hydroxyl groups is 1. The summed E-state index contributed by atoms with van der Waals surface area (Å²) in [6.07, 6.45) is 0. The number of methoxy groups -OCH3 is 1. The van der Waals surface area contributed by atoms with Crippen LogP contribution in [0.25, 0.3) is 5.76 Å². The quantitative estimate of drug-likeness (QED) is 0.353. The molecule has 0 radical (unpaired) electrons. The standard InChI is InChI=1S/C24H18ClNO5/c1-31-17-9-5-6-14(13-17)21-20(22(28)15-7-4-8-16(25)12-15)23(29)24(30)26(21)18-10-2-3-11-19(18)27/h2-13,21,27-28H,1H3/b22-20-. The lowest BCUT2D eigenvalue weighted by Gasteiger charge is -2.26. The number of hydrogen-bond donors (Lipinski definition) is 2. The summed E-state index contributed by atoms with van der Waals surface area (Å²) in [6, 6.07) is 18.5. The minimum Gasteiger partial charge on any atom is -0.507 e. The zero-order valence-corrected chi connectivity index (χ0v) is 17.2. The number of phenols is 1. The third kappa shape index (κ3) is 3.62. The van der Waals surface area contributed by atoms with Crippen molar-refractivity contribution in [1.29, 1.82) is 0 Å². The fourth-order valence-corrected chi connectivity index (χ4v) is 3.86. The Bertz CT molecular complexity index is 1220. The molecule has 6 nitrogen and oxygen atoms in total. The van der Waals surface area contributed by atoms with Gasteiger partial charge in [0.25, 0.3) is 11.7 Å². The van der Waals surface area contributed by atoms with E-state index in [9.17, 15) is 19.8 Å². The molecule has 1 aliphatic rings. The number of carbonyl (C=O) groups excluding carboxylic acids is 2. The van der Waals surface area contributed by atoms with Crippen LogP contribution >= 0.6 is 11.6 Å². The molecule has 156 valence electrons. The van der Waals surface area contributed by atoms with E-state index in [-0.39, 0.29) is 22.8 Å². The Morgan fingerprint density at radius 3 is 2.45 bits per heavy atom. The van der Waals surface area contributed by atoms with Gasteiger partial charge in [0.15, 0.2) is 0 Å². The van der Waals surface area contributed by atoms with E-state index in [1.807, 2.05) is 0 Å². The van der Waals surface area contributed by atoms with Crippen LogP contribution in [0.2, 0.25) is 5.02 Å². The largest absolute Gasteiger partial charge is 0.507 e. The predicted molar refractivity (Wildman–Crippen MR) is 117 cm³/mol. The summed E-state index contributed by atoms with van der Waals surface area (Å²) in [5.74, 6) is -1.73. The number of ether oxygens (including phenoxy) is 1. The number of para-hydroxylation sites is 2. The normalized spacial score (nSPS) is 17.7. The number of carbonyl (C=O) groups is 2. The lowest BCUT2D eigenvalue weighted by molar-refractivity contribution is -0.132. The zero-order valence-electron chi connectivity index (χ0n) is 16.4. The maximum absolute atomic E-state index is 13.1. The lowest BCUT2D eigenvalue weighted by Crippen LogP contribution is -2.29. The van der Waals surface area contributed by atoms with E-state index in [2.05, 4.69) is 0 Å². The second-order valence-electron chi connectivity index (χ2n) is 6.94. The van der Waals surface area contributed by atoms with Crippen molar-refractivity contribution in [3.63, 3.8) is 0 Å². The number of nitrogens with zero attached hydrogens (tertiary/aromatic N) is 1. The Kier molecular flexibility index (Phi) is 5.40. The van der Waals surface area contributed by atoms with Gasteiger partial charge in [0.1, 0.15) is 17.3 Å². The van der Waals surface area contributed by atoms with Gasteiger partial charge in [-0.2, -0.15) is 0 Å². The molecule has 7 heteroatoms. The van der Waals surface area contributed by atoms with E-state index in [4.69, 9.17) is 16.3 Å². The molecule has 1 amide bonds. The van der Waals surface area contributed by atoms with E-state index in [0.29, 0.717) is 21.9 Å². The molecule has 1 atom stereocenters. The van der Waals surface area contributed by atoms with Crippen molar-refractivity contribution in [3.8, 4) is 11.5 Å². The van der Waals surface area contributed by atoms with Crippen LogP contribution in [0.3, 0.4) is 0 Å². The minimum atomic E-state index is -0.984. The van der Waals surface area contributed by atoms with Crippen LogP contribution in [0, 0.1) is 0 Å². The van der Waals surface area contributed by atoms with E-state index in [1.54, 1.807) is 54.6 Å². The second-order valence-corrected chi connectivity index (χ2v) is 7.38. The molecule has 3 aromatic carbocycles. The van der Waals surface area contributed by atoms with E-state index >= 15 is 0 Å². The Hall–Kier alpha value is -3.77. The lowest BCUT2D eigenvalue weighted by atomic mass is 9.95. The third-order valence-corrected chi connectivity index (χ3v) is 5.33. The van der Waals surface area contributed by atoms with E-state index in [0.717, 1.165) is 0 Å². The topological polar surface area (TPSA) is 87.1 Å². The van der Waals surface area contributed by atoms with Gasteiger partial charge in [0.05, 0.1) is 24.4 Å². The van der Waals surface area contributed by atoms with Crippen LogP contribution in [-0.2, 0) is 9.59 Å². The summed E-state index contributed by atoms with van der Waals surface area (Å²) < 4.78 is 5.30. The van der Waals surface area contributed by atoms with Crippen molar-refractivity contribution < 1.29 is 24.5 Å². The zero-order chi connectivity index (χ0) is 22.1. The molecule has 4 rings (SSSR count). The van der Waals surface area contributed by atoms with Crippen LogP contribution in [0.1, 0.15) is 17.2 Å². The minimum absolute atomic E-state index is 0.108. The van der Waals surface area contributed by atoms with Gasteiger partial charge in [-0.05, 0) is 42.0 Å². The maximum atomic E-state index is 13.1. The summed E-state index contributed by atoms with van der Waals surface area (Å²) in [5.41, 5.74) is 0.882. The van der Waals surface area contributed by atoms with Crippen molar-refractivity contribution >= 4 is 34.7 Å². The Balaban J connectivity index is 1.99. The highest BCUT2D eigenvalue weighted by atomic mass is 35.5. The SMILES string of the molecule is COc1cccc(C2/C(=C(/O)c3cccc(Cl)c3)C(=O)C(=O)N2c2ccccc2O)c1. The Morgan fingerprint density at radius 2 is 1.74 bits per heavy atom. The first kappa shape index (κ1) is 20.5. The van der Waals surface area contributed by atoms with Gasteiger partial charge in [-0.1, -0.05) is 48.0 Å². The van der Waals surface area contributed by atoms with Crippen molar-refractivity contribution in [1.82, 2.24) is 0 Å². The molecule has 2 N–H and O–H groups in total. The average Bonchev–Trinajstić information content (AvgIpc) is 3.04. The number of aromatic hydroxyl groups is 1. The number of amides is 1. The van der Waals surface area contributed by atoms with Crippen molar-refractivity contribution in [2.75, 3.05) is 12.0 Å². The highest BCUT2D eigenvalue weighted by Crippen LogP contribution is 2.45. The van der Waals surface area contributed by atoms with Gasteiger partial charge in [-0.3, -0.25) is 14.5 Å². The molecule has 1 aliphatic heterocycles. The molecule has 1 unspecified atom stereocenters. The van der Waals surface area contributed by atoms with Crippen molar-refractivity contribution in [3.05, 3.63) is 94.5 Å². The smallest absolute Gasteiger partial charge is 0.300 e. The molecule has 0 aromatic heterocycles. The van der Waals surface area contributed by atoms with Crippen LogP contribution in [0.5, 0.6) is 11.5 Å².